The minimum absolute atomic E-state index is 0.369. The van der Waals surface area contributed by atoms with Crippen LogP contribution in [-0.2, 0) is 6.42 Å². The van der Waals surface area contributed by atoms with Gasteiger partial charge in [0.1, 0.15) is 5.75 Å². The third kappa shape index (κ3) is 2.79. The summed E-state index contributed by atoms with van der Waals surface area (Å²) < 4.78 is 5.51. The first kappa shape index (κ1) is 14.4. The first-order chi connectivity index (χ1) is 9.01. The summed E-state index contributed by atoms with van der Waals surface area (Å²) in [5, 5.41) is 0. The van der Waals surface area contributed by atoms with Gasteiger partial charge in [-0.2, -0.15) is 0 Å². The van der Waals surface area contributed by atoms with E-state index in [9.17, 15) is 0 Å². The molecule has 0 atom stereocenters. The quantitative estimate of drug-likeness (QED) is 0.875. The number of hydrogen-bond acceptors (Lipinski definition) is 2. The van der Waals surface area contributed by atoms with Gasteiger partial charge in [-0.25, -0.2) is 0 Å². The molecule has 2 heteroatoms. The van der Waals surface area contributed by atoms with E-state index in [1.807, 2.05) is 0 Å². The second-order valence-corrected chi connectivity index (χ2v) is 6.41. The van der Waals surface area contributed by atoms with Crippen LogP contribution in [0.3, 0.4) is 0 Å². The number of hydrogen-bond donors (Lipinski definition) is 1. The lowest BCUT2D eigenvalue weighted by atomic mass is 9.65. The van der Waals surface area contributed by atoms with E-state index in [4.69, 9.17) is 10.5 Å². The summed E-state index contributed by atoms with van der Waals surface area (Å²) in [5.74, 6) is 1.51. The van der Waals surface area contributed by atoms with Crippen molar-refractivity contribution in [2.75, 3.05) is 13.7 Å². The number of ether oxygens (including phenoxy) is 1. The smallest absolute Gasteiger partial charge is 0.122 e. The molecule has 19 heavy (non-hydrogen) atoms. The Balaban J connectivity index is 2.32. The van der Waals surface area contributed by atoms with Gasteiger partial charge < -0.3 is 10.5 Å². The van der Waals surface area contributed by atoms with Gasteiger partial charge in [0.2, 0.25) is 0 Å². The molecule has 0 spiro atoms. The summed E-state index contributed by atoms with van der Waals surface area (Å²) >= 11 is 0. The van der Waals surface area contributed by atoms with Gasteiger partial charge in [0.15, 0.2) is 0 Å². The molecule has 1 saturated carbocycles. The van der Waals surface area contributed by atoms with E-state index in [2.05, 4.69) is 32.9 Å². The van der Waals surface area contributed by atoms with Crippen LogP contribution in [0.1, 0.15) is 55.7 Å². The lowest BCUT2D eigenvalue weighted by Crippen LogP contribution is -2.39. The predicted molar refractivity (Wildman–Crippen MR) is 80.9 cm³/mol. The van der Waals surface area contributed by atoms with Gasteiger partial charge in [0.05, 0.1) is 7.11 Å². The molecule has 0 saturated heterocycles. The third-order valence-corrected chi connectivity index (χ3v) is 4.72. The van der Waals surface area contributed by atoms with Gasteiger partial charge >= 0.3 is 0 Å². The fraction of sp³-hybridized carbons (Fsp3) is 0.647. The maximum absolute atomic E-state index is 6.00. The highest BCUT2D eigenvalue weighted by Crippen LogP contribution is 2.44. The van der Waals surface area contributed by atoms with E-state index in [-0.39, 0.29) is 0 Å². The van der Waals surface area contributed by atoms with E-state index >= 15 is 0 Å². The Hall–Kier alpha value is -1.02. The Bertz CT molecular complexity index is 441. The fourth-order valence-electron chi connectivity index (χ4n) is 3.10. The highest BCUT2D eigenvalue weighted by atomic mass is 16.5. The van der Waals surface area contributed by atoms with Gasteiger partial charge in [-0.1, -0.05) is 26.3 Å². The summed E-state index contributed by atoms with van der Waals surface area (Å²) in [6, 6.07) is 4.53. The summed E-state index contributed by atoms with van der Waals surface area (Å²) in [5.41, 5.74) is 10.5. The molecule has 0 unspecified atom stereocenters. The zero-order valence-electron chi connectivity index (χ0n) is 12.8. The number of nitrogens with two attached hydrogens (primary N) is 1. The summed E-state index contributed by atoms with van der Waals surface area (Å²) in [6.07, 6.45) is 5.03. The van der Waals surface area contributed by atoms with Crippen LogP contribution in [-0.4, -0.2) is 13.7 Å². The van der Waals surface area contributed by atoms with Crippen LogP contribution in [0.5, 0.6) is 5.75 Å². The van der Waals surface area contributed by atoms with E-state index in [1.165, 1.54) is 36.0 Å². The van der Waals surface area contributed by atoms with Crippen LogP contribution in [0.2, 0.25) is 0 Å². The molecule has 2 nitrogen and oxygen atoms in total. The van der Waals surface area contributed by atoms with Crippen molar-refractivity contribution >= 4 is 0 Å². The molecule has 0 amide bonds. The molecule has 1 aliphatic rings. The zero-order chi connectivity index (χ0) is 14.0. The van der Waals surface area contributed by atoms with E-state index < -0.39 is 0 Å². The molecule has 1 aromatic rings. The average Bonchev–Trinajstić information content (AvgIpc) is 2.34. The summed E-state index contributed by atoms with van der Waals surface area (Å²) in [6.45, 7) is 7.44. The average molecular weight is 261 g/mol. The topological polar surface area (TPSA) is 35.2 Å². The molecule has 1 aromatic carbocycles. The standard InChI is InChI=1S/C17H27NO/c1-12(2)15-9-14(13(3)8-16(15)19-4)10-17(11-18)6-5-7-17/h8-9,12H,5-7,10-11,18H2,1-4H3. The molecule has 0 bridgehead atoms. The third-order valence-electron chi connectivity index (χ3n) is 4.72. The number of benzene rings is 1. The second kappa shape index (κ2) is 5.54. The largest absolute Gasteiger partial charge is 0.496 e. The SMILES string of the molecule is COc1cc(C)c(CC2(CN)CCC2)cc1C(C)C. The molecule has 0 heterocycles. The van der Waals surface area contributed by atoms with Crippen LogP contribution >= 0.6 is 0 Å². The van der Waals surface area contributed by atoms with E-state index in [1.54, 1.807) is 7.11 Å². The molecule has 106 valence electrons. The Labute approximate surface area is 117 Å². The van der Waals surface area contributed by atoms with Crippen LogP contribution < -0.4 is 10.5 Å². The van der Waals surface area contributed by atoms with E-state index in [0.717, 1.165) is 18.7 Å². The number of methoxy groups -OCH3 is 1. The van der Waals surface area contributed by atoms with Crippen LogP contribution in [0.15, 0.2) is 12.1 Å². The Morgan fingerprint density at radius 3 is 2.42 bits per heavy atom. The molecule has 2 rings (SSSR count). The van der Waals surface area contributed by atoms with Crippen LogP contribution in [0, 0.1) is 12.3 Å². The fourth-order valence-corrected chi connectivity index (χ4v) is 3.10. The van der Waals surface area contributed by atoms with Crippen molar-refractivity contribution in [2.24, 2.45) is 11.1 Å². The first-order valence-corrected chi connectivity index (χ1v) is 7.39. The molecule has 0 radical (unpaired) electrons. The molecular weight excluding hydrogens is 234 g/mol. The van der Waals surface area contributed by atoms with Crippen molar-refractivity contribution in [3.05, 3.63) is 28.8 Å². The van der Waals surface area contributed by atoms with Gasteiger partial charge in [0.25, 0.3) is 0 Å². The van der Waals surface area contributed by atoms with Gasteiger partial charge in [-0.05, 0) is 66.8 Å². The predicted octanol–water partition coefficient (Wildman–Crippen LogP) is 3.80. The highest BCUT2D eigenvalue weighted by Gasteiger charge is 2.36. The lowest BCUT2D eigenvalue weighted by Gasteiger charge is -2.41. The maximum atomic E-state index is 6.00. The number of rotatable bonds is 5. The van der Waals surface area contributed by atoms with Crippen molar-refractivity contribution in [1.29, 1.82) is 0 Å². The Morgan fingerprint density at radius 2 is 2.00 bits per heavy atom. The van der Waals surface area contributed by atoms with Gasteiger partial charge in [-0.15, -0.1) is 0 Å². The Kier molecular flexibility index (Phi) is 4.19. The van der Waals surface area contributed by atoms with Crippen molar-refractivity contribution in [3.8, 4) is 5.75 Å². The molecule has 1 aliphatic carbocycles. The zero-order valence-corrected chi connectivity index (χ0v) is 12.8. The summed E-state index contributed by atoms with van der Waals surface area (Å²) in [7, 11) is 1.76. The molecule has 0 aliphatic heterocycles. The lowest BCUT2D eigenvalue weighted by molar-refractivity contribution is 0.144. The maximum Gasteiger partial charge on any atom is 0.122 e. The molecule has 0 aromatic heterocycles. The van der Waals surface area contributed by atoms with Crippen molar-refractivity contribution < 1.29 is 4.74 Å². The monoisotopic (exact) mass is 261 g/mol. The van der Waals surface area contributed by atoms with Crippen molar-refractivity contribution in [3.63, 3.8) is 0 Å². The number of aryl methyl sites for hydroxylation is 1. The normalized spacial score (nSPS) is 17.4. The minimum atomic E-state index is 0.369. The van der Waals surface area contributed by atoms with Crippen molar-refractivity contribution in [1.82, 2.24) is 0 Å². The Morgan fingerprint density at radius 1 is 1.32 bits per heavy atom. The molecular formula is C17H27NO. The first-order valence-electron chi connectivity index (χ1n) is 7.39. The van der Waals surface area contributed by atoms with Crippen LogP contribution in [0.25, 0.3) is 0 Å². The van der Waals surface area contributed by atoms with E-state index in [0.29, 0.717) is 11.3 Å². The van der Waals surface area contributed by atoms with Gasteiger partial charge in [0, 0.05) is 0 Å². The van der Waals surface area contributed by atoms with Crippen LogP contribution in [0.4, 0.5) is 0 Å². The molecule has 1 fully saturated rings. The van der Waals surface area contributed by atoms with Gasteiger partial charge in [-0.3, -0.25) is 0 Å². The van der Waals surface area contributed by atoms with Crippen molar-refractivity contribution in [2.45, 2.75) is 52.4 Å². The minimum Gasteiger partial charge on any atom is -0.496 e. The molecule has 2 N–H and O–H groups in total. The summed E-state index contributed by atoms with van der Waals surface area (Å²) in [4.78, 5) is 0. The highest BCUT2D eigenvalue weighted by molar-refractivity contribution is 5.44. The second-order valence-electron chi connectivity index (χ2n) is 6.41.